The van der Waals surface area contributed by atoms with E-state index in [2.05, 4.69) is 10.3 Å². The van der Waals surface area contributed by atoms with E-state index in [1.165, 1.54) is 22.5 Å². The zero-order valence-electron chi connectivity index (χ0n) is 12.0. The van der Waals surface area contributed by atoms with Crippen LogP contribution in [0.2, 0.25) is 0 Å². The molecule has 2 amide bonds. The normalized spacial score (nSPS) is 10.4. The molecule has 0 atom stereocenters. The van der Waals surface area contributed by atoms with Crippen molar-refractivity contribution in [1.29, 1.82) is 0 Å². The van der Waals surface area contributed by atoms with Crippen LogP contribution in [0.5, 0.6) is 0 Å². The second kappa shape index (κ2) is 7.03. The molecule has 112 valence electrons. The molecule has 2 heterocycles. The summed E-state index contributed by atoms with van der Waals surface area (Å²) in [6, 6.07) is 3.24. The molecule has 0 saturated heterocycles. The van der Waals surface area contributed by atoms with Crippen LogP contribution in [-0.4, -0.2) is 34.8 Å². The first-order valence-corrected chi connectivity index (χ1v) is 7.47. The minimum Gasteiger partial charge on any atom is -0.459 e. The van der Waals surface area contributed by atoms with Crippen molar-refractivity contribution in [2.45, 2.75) is 20.3 Å². The minimum absolute atomic E-state index is 0.0218. The second-order valence-corrected chi connectivity index (χ2v) is 5.76. The summed E-state index contributed by atoms with van der Waals surface area (Å²) >= 11 is 1.40. The molecule has 0 aliphatic heterocycles. The summed E-state index contributed by atoms with van der Waals surface area (Å²) in [4.78, 5) is 30.8. The van der Waals surface area contributed by atoms with Crippen molar-refractivity contribution in [2.24, 2.45) is 0 Å². The number of aromatic nitrogens is 1. The number of amides is 2. The van der Waals surface area contributed by atoms with Crippen molar-refractivity contribution < 1.29 is 14.0 Å². The van der Waals surface area contributed by atoms with Crippen LogP contribution < -0.4 is 5.32 Å². The Morgan fingerprint density at radius 2 is 2.29 bits per heavy atom. The zero-order valence-corrected chi connectivity index (χ0v) is 12.8. The Kier molecular flexibility index (Phi) is 5.10. The summed E-state index contributed by atoms with van der Waals surface area (Å²) < 4.78 is 5.09. The molecular formula is C14H17N3O3S. The largest absolute Gasteiger partial charge is 0.459 e. The number of nitrogens with one attached hydrogen (secondary N) is 1. The predicted octanol–water partition coefficient (Wildman–Crippen LogP) is 2.54. The van der Waals surface area contributed by atoms with Gasteiger partial charge in [-0.05, 0) is 25.5 Å². The van der Waals surface area contributed by atoms with Gasteiger partial charge in [0.25, 0.3) is 5.91 Å². The lowest BCUT2D eigenvalue weighted by molar-refractivity contribution is -0.116. The van der Waals surface area contributed by atoms with E-state index in [9.17, 15) is 9.59 Å². The van der Waals surface area contributed by atoms with Crippen molar-refractivity contribution in [3.8, 4) is 0 Å². The van der Waals surface area contributed by atoms with Crippen LogP contribution in [-0.2, 0) is 4.79 Å². The lowest BCUT2D eigenvalue weighted by atomic mass is 10.3. The Balaban J connectivity index is 1.98. The van der Waals surface area contributed by atoms with E-state index in [0.717, 1.165) is 11.3 Å². The Bertz CT molecular complexity index is 607. The zero-order chi connectivity index (χ0) is 15.2. The van der Waals surface area contributed by atoms with E-state index in [1.54, 1.807) is 18.3 Å². The van der Waals surface area contributed by atoms with Crippen molar-refractivity contribution in [3.05, 3.63) is 35.2 Å². The van der Waals surface area contributed by atoms with Gasteiger partial charge in [0.2, 0.25) is 5.91 Å². The van der Waals surface area contributed by atoms with Gasteiger partial charge in [-0.3, -0.25) is 9.59 Å². The highest BCUT2D eigenvalue weighted by atomic mass is 32.1. The molecule has 0 aliphatic rings. The maximum absolute atomic E-state index is 12.2. The van der Waals surface area contributed by atoms with Gasteiger partial charge in [0.05, 0.1) is 6.26 Å². The van der Waals surface area contributed by atoms with Gasteiger partial charge in [-0.15, -0.1) is 11.3 Å². The molecular weight excluding hydrogens is 290 g/mol. The highest BCUT2D eigenvalue weighted by Gasteiger charge is 2.20. The van der Waals surface area contributed by atoms with Gasteiger partial charge in [-0.2, -0.15) is 0 Å². The maximum atomic E-state index is 12.2. The topological polar surface area (TPSA) is 75.4 Å². The first-order chi connectivity index (χ1) is 10.1. The average Bonchev–Trinajstić information content (AvgIpc) is 3.09. The standard InChI is InChI=1S/C14H17N3O3S/c1-3-6-17(13(19)11-5-4-7-20-11)9-12(18)16-14-15-8-10(2)21-14/h4-5,7-8H,3,6,9H2,1-2H3,(H,15,16,18). The number of nitrogens with zero attached hydrogens (tertiary/aromatic N) is 2. The van der Waals surface area contributed by atoms with Gasteiger partial charge in [0, 0.05) is 17.6 Å². The number of carbonyl (C=O) groups is 2. The number of aryl methyl sites for hydroxylation is 1. The summed E-state index contributed by atoms with van der Waals surface area (Å²) in [6.45, 7) is 4.33. The fraction of sp³-hybridized carbons (Fsp3) is 0.357. The van der Waals surface area contributed by atoms with Gasteiger partial charge < -0.3 is 14.6 Å². The van der Waals surface area contributed by atoms with E-state index < -0.39 is 0 Å². The quantitative estimate of drug-likeness (QED) is 0.890. The number of thiazole rings is 1. The fourth-order valence-electron chi connectivity index (χ4n) is 1.82. The van der Waals surface area contributed by atoms with Crippen LogP contribution in [0.15, 0.2) is 29.0 Å². The van der Waals surface area contributed by atoms with Gasteiger partial charge in [0.15, 0.2) is 10.9 Å². The SMILES string of the molecule is CCCN(CC(=O)Nc1ncc(C)s1)C(=O)c1ccco1. The summed E-state index contributed by atoms with van der Waals surface area (Å²) in [5.41, 5.74) is 0. The third-order valence-electron chi connectivity index (χ3n) is 2.71. The molecule has 0 spiro atoms. The smallest absolute Gasteiger partial charge is 0.290 e. The molecule has 0 saturated carbocycles. The molecule has 1 N–H and O–H groups in total. The van der Waals surface area contributed by atoms with Gasteiger partial charge >= 0.3 is 0 Å². The van der Waals surface area contributed by atoms with E-state index in [1.807, 2.05) is 13.8 Å². The minimum atomic E-state index is -0.285. The predicted molar refractivity (Wildman–Crippen MR) is 80.4 cm³/mol. The molecule has 2 aromatic rings. The van der Waals surface area contributed by atoms with Crippen molar-refractivity contribution in [3.63, 3.8) is 0 Å². The van der Waals surface area contributed by atoms with Gasteiger partial charge in [0.1, 0.15) is 6.54 Å². The number of rotatable bonds is 6. The van der Waals surface area contributed by atoms with Gasteiger partial charge in [-0.25, -0.2) is 4.98 Å². The molecule has 21 heavy (non-hydrogen) atoms. The van der Waals surface area contributed by atoms with Crippen LogP contribution in [0.25, 0.3) is 0 Å². The first kappa shape index (κ1) is 15.2. The molecule has 2 aromatic heterocycles. The summed E-state index contributed by atoms with van der Waals surface area (Å²) in [6.07, 6.45) is 3.89. The second-order valence-electron chi connectivity index (χ2n) is 4.53. The Labute approximate surface area is 126 Å². The van der Waals surface area contributed by atoms with Crippen LogP contribution in [0.3, 0.4) is 0 Å². The van der Waals surface area contributed by atoms with E-state index in [0.29, 0.717) is 11.7 Å². The van der Waals surface area contributed by atoms with Crippen molar-refractivity contribution in [1.82, 2.24) is 9.88 Å². The van der Waals surface area contributed by atoms with Crippen molar-refractivity contribution >= 4 is 28.3 Å². The molecule has 0 aliphatic carbocycles. The van der Waals surface area contributed by atoms with E-state index in [-0.39, 0.29) is 24.1 Å². The molecule has 7 heteroatoms. The van der Waals surface area contributed by atoms with Crippen LogP contribution in [0, 0.1) is 6.92 Å². The molecule has 0 aromatic carbocycles. The van der Waals surface area contributed by atoms with Crippen LogP contribution >= 0.6 is 11.3 Å². The molecule has 6 nitrogen and oxygen atoms in total. The molecule has 0 radical (unpaired) electrons. The Morgan fingerprint density at radius 3 is 2.86 bits per heavy atom. The molecule has 0 fully saturated rings. The molecule has 2 rings (SSSR count). The highest BCUT2D eigenvalue weighted by Crippen LogP contribution is 2.16. The fourth-order valence-corrected chi connectivity index (χ4v) is 2.50. The van der Waals surface area contributed by atoms with Crippen LogP contribution in [0.4, 0.5) is 5.13 Å². The molecule has 0 bridgehead atoms. The number of carbonyl (C=O) groups excluding carboxylic acids is 2. The highest BCUT2D eigenvalue weighted by molar-refractivity contribution is 7.15. The number of anilines is 1. The third kappa shape index (κ3) is 4.16. The number of hydrogen-bond donors (Lipinski definition) is 1. The van der Waals surface area contributed by atoms with Crippen LogP contribution in [0.1, 0.15) is 28.8 Å². The monoisotopic (exact) mass is 307 g/mol. The first-order valence-electron chi connectivity index (χ1n) is 6.65. The average molecular weight is 307 g/mol. The number of hydrogen-bond acceptors (Lipinski definition) is 5. The summed E-state index contributed by atoms with van der Waals surface area (Å²) in [5.74, 6) is -0.314. The van der Waals surface area contributed by atoms with E-state index in [4.69, 9.17) is 4.42 Å². The Hall–Kier alpha value is -2.15. The lowest BCUT2D eigenvalue weighted by Crippen LogP contribution is -2.38. The van der Waals surface area contributed by atoms with E-state index >= 15 is 0 Å². The summed E-state index contributed by atoms with van der Waals surface area (Å²) in [7, 11) is 0. The Morgan fingerprint density at radius 1 is 1.48 bits per heavy atom. The summed E-state index contributed by atoms with van der Waals surface area (Å²) in [5, 5.41) is 3.24. The lowest BCUT2D eigenvalue weighted by Gasteiger charge is -2.19. The maximum Gasteiger partial charge on any atom is 0.290 e. The number of furan rings is 1. The molecule has 0 unspecified atom stereocenters. The third-order valence-corrected chi connectivity index (χ3v) is 3.54. The van der Waals surface area contributed by atoms with Gasteiger partial charge in [-0.1, -0.05) is 6.92 Å². The van der Waals surface area contributed by atoms with Crippen molar-refractivity contribution in [2.75, 3.05) is 18.4 Å².